The summed E-state index contributed by atoms with van der Waals surface area (Å²) in [6.07, 6.45) is 1.25. The second kappa shape index (κ2) is 3.48. The van der Waals surface area contributed by atoms with Crippen LogP contribution in [0, 0.1) is 0 Å². The fourth-order valence-corrected chi connectivity index (χ4v) is 1.42. The molecule has 0 bridgehead atoms. The van der Waals surface area contributed by atoms with Gasteiger partial charge >= 0.3 is 5.97 Å². The van der Waals surface area contributed by atoms with Crippen LogP contribution in [0.3, 0.4) is 0 Å². The number of rotatable bonds is 2. The molecule has 84 valence electrons. The van der Waals surface area contributed by atoms with Crippen LogP contribution in [0.4, 0.5) is 5.82 Å². The molecule has 0 aliphatic rings. The van der Waals surface area contributed by atoms with Crippen molar-refractivity contribution in [2.75, 3.05) is 5.73 Å². The Balaban J connectivity index is 2.69. The molecule has 0 spiro atoms. The van der Waals surface area contributed by atoms with Crippen molar-refractivity contribution in [2.24, 2.45) is 0 Å². The molecule has 0 aliphatic heterocycles. The van der Waals surface area contributed by atoms with Gasteiger partial charge in [-0.2, -0.15) is 9.61 Å². The fourth-order valence-electron chi connectivity index (χ4n) is 1.42. The molecule has 0 radical (unpaired) electrons. The molecule has 0 atom stereocenters. The van der Waals surface area contributed by atoms with Crippen LogP contribution in [0.1, 0.15) is 35.8 Å². The zero-order valence-electron chi connectivity index (χ0n) is 9.01. The normalized spacial score (nSPS) is 11.2. The van der Waals surface area contributed by atoms with E-state index in [4.69, 9.17) is 10.8 Å². The molecule has 2 heterocycles. The smallest absolute Gasteiger partial charge is 0.341 e. The van der Waals surface area contributed by atoms with Gasteiger partial charge in [0.15, 0.2) is 5.65 Å². The van der Waals surface area contributed by atoms with Crippen LogP contribution in [0.25, 0.3) is 5.65 Å². The molecule has 0 aromatic carbocycles. The number of nitrogens with zero attached hydrogens (tertiary/aromatic N) is 3. The van der Waals surface area contributed by atoms with E-state index >= 15 is 0 Å². The number of hydrogen-bond acceptors (Lipinski definition) is 4. The average molecular weight is 220 g/mol. The predicted octanol–water partition coefficient (Wildman–Crippen LogP) is 1.13. The SMILES string of the molecule is CC(C)c1cc2ncc(C(=O)O)c(N)n2n1. The number of aromatic nitrogens is 3. The van der Waals surface area contributed by atoms with Crippen molar-refractivity contribution in [3.63, 3.8) is 0 Å². The minimum absolute atomic E-state index is 0.0362. The molecule has 3 N–H and O–H groups in total. The first kappa shape index (κ1) is 10.4. The van der Waals surface area contributed by atoms with Gasteiger partial charge in [0.2, 0.25) is 0 Å². The van der Waals surface area contributed by atoms with Gasteiger partial charge in [-0.3, -0.25) is 0 Å². The van der Waals surface area contributed by atoms with Gasteiger partial charge in [-0.1, -0.05) is 13.8 Å². The molecule has 2 aromatic heterocycles. The van der Waals surface area contributed by atoms with Gasteiger partial charge in [-0.25, -0.2) is 9.78 Å². The molecular formula is C10H12N4O2. The predicted molar refractivity (Wildman–Crippen MR) is 58.4 cm³/mol. The number of hydrogen-bond donors (Lipinski definition) is 2. The number of carboxylic acid groups (broad SMARTS) is 1. The minimum atomic E-state index is -1.10. The van der Waals surface area contributed by atoms with Gasteiger partial charge < -0.3 is 10.8 Å². The molecule has 2 aromatic rings. The molecule has 16 heavy (non-hydrogen) atoms. The standard InChI is InChI=1S/C10H12N4O2/c1-5(2)7-3-8-12-4-6(10(15)16)9(11)14(8)13-7/h3-5H,11H2,1-2H3,(H,15,16). The summed E-state index contributed by atoms with van der Waals surface area (Å²) >= 11 is 0. The molecule has 0 saturated heterocycles. The molecule has 2 rings (SSSR count). The van der Waals surface area contributed by atoms with Crippen molar-refractivity contribution >= 4 is 17.4 Å². The van der Waals surface area contributed by atoms with E-state index in [9.17, 15) is 4.79 Å². The van der Waals surface area contributed by atoms with E-state index < -0.39 is 5.97 Å². The van der Waals surface area contributed by atoms with Crippen LogP contribution >= 0.6 is 0 Å². The lowest BCUT2D eigenvalue weighted by molar-refractivity contribution is 0.0697. The van der Waals surface area contributed by atoms with Crippen molar-refractivity contribution in [3.05, 3.63) is 23.5 Å². The molecule has 0 fully saturated rings. The monoisotopic (exact) mass is 220 g/mol. The van der Waals surface area contributed by atoms with Gasteiger partial charge in [0.1, 0.15) is 11.4 Å². The summed E-state index contributed by atoms with van der Waals surface area (Å²) in [4.78, 5) is 14.9. The van der Waals surface area contributed by atoms with Gasteiger partial charge in [-0.15, -0.1) is 0 Å². The molecule has 0 aliphatic carbocycles. The van der Waals surface area contributed by atoms with Gasteiger partial charge in [0.25, 0.3) is 0 Å². The largest absolute Gasteiger partial charge is 0.477 e. The third-order valence-electron chi connectivity index (χ3n) is 2.36. The number of carbonyl (C=O) groups is 1. The Bertz CT molecular complexity index is 559. The van der Waals surface area contributed by atoms with E-state index in [1.165, 1.54) is 10.7 Å². The first-order valence-corrected chi connectivity index (χ1v) is 4.88. The van der Waals surface area contributed by atoms with E-state index in [-0.39, 0.29) is 17.3 Å². The Kier molecular flexibility index (Phi) is 2.26. The second-order valence-electron chi connectivity index (χ2n) is 3.86. The molecule has 6 nitrogen and oxygen atoms in total. The second-order valence-corrected chi connectivity index (χ2v) is 3.86. The zero-order chi connectivity index (χ0) is 11.9. The highest BCUT2D eigenvalue weighted by Gasteiger charge is 2.14. The van der Waals surface area contributed by atoms with Crippen molar-refractivity contribution in [2.45, 2.75) is 19.8 Å². The van der Waals surface area contributed by atoms with Crippen molar-refractivity contribution in [1.29, 1.82) is 0 Å². The molecule has 6 heteroatoms. The topological polar surface area (TPSA) is 93.5 Å². The van der Waals surface area contributed by atoms with Crippen LogP contribution in [0.5, 0.6) is 0 Å². The van der Waals surface area contributed by atoms with Crippen LogP contribution in [0.15, 0.2) is 12.3 Å². The maximum absolute atomic E-state index is 10.8. The highest BCUT2D eigenvalue weighted by molar-refractivity contribution is 5.92. The highest BCUT2D eigenvalue weighted by Crippen LogP contribution is 2.18. The lowest BCUT2D eigenvalue weighted by Crippen LogP contribution is -2.09. The zero-order valence-corrected chi connectivity index (χ0v) is 9.01. The quantitative estimate of drug-likeness (QED) is 0.791. The number of aromatic carboxylic acids is 1. The highest BCUT2D eigenvalue weighted by atomic mass is 16.4. The molecule has 0 unspecified atom stereocenters. The maximum atomic E-state index is 10.8. The molecule has 0 saturated carbocycles. The van der Waals surface area contributed by atoms with Crippen LogP contribution < -0.4 is 5.73 Å². The Labute approximate surface area is 91.7 Å². The third kappa shape index (κ3) is 1.48. The van der Waals surface area contributed by atoms with Crippen LogP contribution in [-0.2, 0) is 0 Å². The Morgan fingerprint density at radius 2 is 2.25 bits per heavy atom. The first-order chi connectivity index (χ1) is 7.50. The van der Waals surface area contributed by atoms with E-state index in [2.05, 4.69) is 10.1 Å². The average Bonchev–Trinajstić information content (AvgIpc) is 2.62. The van der Waals surface area contributed by atoms with Crippen molar-refractivity contribution < 1.29 is 9.90 Å². The maximum Gasteiger partial charge on any atom is 0.341 e. The van der Waals surface area contributed by atoms with E-state index in [0.29, 0.717) is 5.65 Å². The van der Waals surface area contributed by atoms with Gasteiger partial charge in [0.05, 0.1) is 5.69 Å². The van der Waals surface area contributed by atoms with E-state index in [0.717, 1.165) is 5.69 Å². The number of nitrogen functional groups attached to an aromatic ring is 1. The summed E-state index contributed by atoms with van der Waals surface area (Å²) in [5.41, 5.74) is 7.07. The van der Waals surface area contributed by atoms with Crippen molar-refractivity contribution in [1.82, 2.24) is 14.6 Å². The number of fused-ring (bicyclic) bond motifs is 1. The number of anilines is 1. The van der Waals surface area contributed by atoms with E-state index in [1.807, 2.05) is 13.8 Å². The van der Waals surface area contributed by atoms with Gasteiger partial charge in [-0.05, 0) is 5.92 Å². The van der Waals surface area contributed by atoms with Gasteiger partial charge in [0, 0.05) is 12.3 Å². The van der Waals surface area contributed by atoms with Crippen LogP contribution in [0.2, 0.25) is 0 Å². The first-order valence-electron chi connectivity index (χ1n) is 4.88. The van der Waals surface area contributed by atoms with E-state index in [1.54, 1.807) is 6.07 Å². The summed E-state index contributed by atoms with van der Waals surface area (Å²) in [5.74, 6) is -0.757. The summed E-state index contributed by atoms with van der Waals surface area (Å²) in [7, 11) is 0. The van der Waals surface area contributed by atoms with Crippen molar-refractivity contribution in [3.8, 4) is 0 Å². The number of carboxylic acids is 1. The lowest BCUT2D eigenvalue weighted by Gasteiger charge is -2.02. The molecule has 0 amide bonds. The fraction of sp³-hybridized carbons (Fsp3) is 0.300. The lowest BCUT2D eigenvalue weighted by atomic mass is 10.1. The Morgan fingerprint density at radius 1 is 1.56 bits per heavy atom. The van der Waals surface area contributed by atoms with Crippen LogP contribution in [-0.4, -0.2) is 25.7 Å². The number of nitrogens with two attached hydrogens (primary N) is 1. The Morgan fingerprint density at radius 3 is 2.81 bits per heavy atom. The summed E-state index contributed by atoms with van der Waals surface area (Å²) in [5, 5.41) is 13.1. The minimum Gasteiger partial charge on any atom is -0.477 e. The summed E-state index contributed by atoms with van der Waals surface area (Å²) in [6, 6.07) is 1.80. The molecular weight excluding hydrogens is 208 g/mol. The Hall–Kier alpha value is -2.11. The summed E-state index contributed by atoms with van der Waals surface area (Å²) < 4.78 is 1.36. The summed E-state index contributed by atoms with van der Waals surface area (Å²) in [6.45, 7) is 3.99. The third-order valence-corrected chi connectivity index (χ3v) is 2.36.